The van der Waals surface area contributed by atoms with Gasteiger partial charge in [-0.1, -0.05) is 0 Å². The molecule has 0 saturated carbocycles. The van der Waals surface area contributed by atoms with Crippen molar-refractivity contribution in [2.45, 2.75) is 38.3 Å². The topological polar surface area (TPSA) is 88.5 Å². The van der Waals surface area contributed by atoms with Crippen molar-refractivity contribution in [2.75, 3.05) is 7.11 Å². The number of rotatable bonds is 6. The molecule has 0 aliphatic carbocycles. The van der Waals surface area contributed by atoms with Crippen LogP contribution in [0.3, 0.4) is 0 Å². The van der Waals surface area contributed by atoms with Gasteiger partial charge in [0, 0.05) is 11.8 Å². The number of nitrogens with zero attached hydrogens (tertiary/aromatic N) is 1. The Labute approximate surface area is 115 Å². The standard InChI is InChI=1S/C12H18N2O4S/c1-12(2,17)10(11(16)18-3)14-9(15)5-4-8-6-19-7-13-8/h6-7,10,17H,4-5H2,1-3H3,(H,14,15)/t10-/m1/s1. The third kappa shape index (κ3) is 4.96. The average molecular weight is 286 g/mol. The predicted molar refractivity (Wildman–Crippen MR) is 70.7 cm³/mol. The van der Waals surface area contributed by atoms with Gasteiger partial charge in [0.2, 0.25) is 5.91 Å². The molecule has 1 aromatic rings. The monoisotopic (exact) mass is 286 g/mol. The Morgan fingerprint density at radius 2 is 2.26 bits per heavy atom. The summed E-state index contributed by atoms with van der Waals surface area (Å²) in [4.78, 5) is 27.3. The van der Waals surface area contributed by atoms with Gasteiger partial charge in [-0.25, -0.2) is 9.78 Å². The minimum atomic E-state index is -1.39. The van der Waals surface area contributed by atoms with Crippen molar-refractivity contribution in [2.24, 2.45) is 0 Å². The normalized spacial score (nSPS) is 12.8. The minimum Gasteiger partial charge on any atom is -0.467 e. The van der Waals surface area contributed by atoms with Crippen molar-refractivity contribution < 1.29 is 19.4 Å². The fraction of sp³-hybridized carbons (Fsp3) is 0.583. The highest BCUT2D eigenvalue weighted by molar-refractivity contribution is 7.07. The van der Waals surface area contributed by atoms with Gasteiger partial charge >= 0.3 is 5.97 Å². The molecule has 1 amide bonds. The molecule has 0 radical (unpaired) electrons. The molecule has 0 fully saturated rings. The lowest BCUT2D eigenvalue weighted by Crippen LogP contribution is -2.54. The van der Waals surface area contributed by atoms with E-state index in [2.05, 4.69) is 15.0 Å². The van der Waals surface area contributed by atoms with E-state index in [0.29, 0.717) is 6.42 Å². The fourth-order valence-electron chi connectivity index (χ4n) is 1.48. The molecule has 0 spiro atoms. The van der Waals surface area contributed by atoms with Gasteiger partial charge in [0.1, 0.15) is 0 Å². The van der Waals surface area contributed by atoms with Gasteiger partial charge in [-0.3, -0.25) is 4.79 Å². The maximum Gasteiger partial charge on any atom is 0.331 e. The third-order valence-corrected chi connectivity index (χ3v) is 3.18. The largest absolute Gasteiger partial charge is 0.467 e. The Morgan fingerprint density at radius 3 is 2.74 bits per heavy atom. The summed E-state index contributed by atoms with van der Waals surface area (Å²) in [6, 6.07) is -1.08. The van der Waals surface area contributed by atoms with Crippen LogP contribution in [0.4, 0.5) is 0 Å². The zero-order valence-electron chi connectivity index (χ0n) is 11.2. The molecule has 6 nitrogen and oxygen atoms in total. The third-order valence-electron chi connectivity index (χ3n) is 2.54. The van der Waals surface area contributed by atoms with E-state index >= 15 is 0 Å². The number of thiazole rings is 1. The number of methoxy groups -OCH3 is 1. The van der Waals surface area contributed by atoms with Crippen molar-refractivity contribution in [1.82, 2.24) is 10.3 Å². The molecule has 1 aromatic heterocycles. The van der Waals surface area contributed by atoms with E-state index in [9.17, 15) is 14.7 Å². The Morgan fingerprint density at radius 1 is 1.58 bits per heavy atom. The molecule has 106 valence electrons. The molecule has 19 heavy (non-hydrogen) atoms. The second-order valence-corrected chi connectivity index (χ2v) is 5.38. The number of carbonyl (C=O) groups excluding carboxylic acids is 2. The fourth-order valence-corrected chi connectivity index (χ4v) is 2.07. The van der Waals surface area contributed by atoms with E-state index < -0.39 is 17.6 Å². The molecule has 7 heteroatoms. The van der Waals surface area contributed by atoms with Crippen LogP contribution in [0.5, 0.6) is 0 Å². The van der Waals surface area contributed by atoms with E-state index in [-0.39, 0.29) is 12.3 Å². The summed E-state index contributed by atoms with van der Waals surface area (Å²) >= 11 is 1.46. The first-order chi connectivity index (χ1) is 8.84. The Kier molecular flexibility index (Phi) is 5.44. The second-order valence-electron chi connectivity index (χ2n) is 4.66. The number of nitrogens with one attached hydrogen (secondary N) is 1. The van der Waals surface area contributed by atoms with Gasteiger partial charge in [-0.2, -0.15) is 0 Å². The van der Waals surface area contributed by atoms with E-state index in [1.807, 2.05) is 5.38 Å². The average Bonchev–Trinajstić information content (AvgIpc) is 2.84. The molecule has 0 aliphatic rings. The number of aliphatic hydroxyl groups is 1. The number of aromatic nitrogens is 1. The summed E-state index contributed by atoms with van der Waals surface area (Å²) in [5.41, 5.74) is 1.14. The summed E-state index contributed by atoms with van der Waals surface area (Å²) in [5, 5.41) is 14.2. The molecule has 0 saturated heterocycles. The Balaban J connectivity index is 2.54. The zero-order chi connectivity index (χ0) is 14.5. The van der Waals surface area contributed by atoms with Crippen molar-refractivity contribution >= 4 is 23.2 Å². The van der Waals surface area contributed by atoms with Crippen LogP contribution in [0.25, 0.3) is 0 Å². The summed E-state index contributed by atoms with van der Waals surface area (Å²) in [5.74, 6) is -1.000. The molecule has 2 N–H and O–H groups in total. The van der Waals surface area contributed by atoms with Crippen molar-refractivity contribution in [3.8, 4) is 0 Å². The lowest BCUT2D eigenvalue weighted by Gasteiger charge is -2.27. The lowest BCUT2D eigenvalue weighted by atomic mass is 9.99. The number of hydrogen-bond donors (Lipinski definition) is 2. The van der Waals surface area contributed by atoms with Crippen LogP contribution in [0, 0.1) is 0 Å². The van der Waals surface area contributed by atoms with Gasteiger partial charge < -0.3 is 15.2 Å². The molecule has 1 heterocycles. The van der Waals surface area contributed by atoms with Crippen molar-refractivity contribution in [3.05, 3.63) is 16.6 Å². The molecule has 0 aliphatic heterocycles. The highest BCUT2D eigenvalue weighted by Gasteiger charge is 2.35. The van der Waals surface area contributed by atoms with Gasteiger partial charge in [0.15, 0.2) is 6.04 Å². The number of carbonyl (C=O) groups is 2. The van der Waals surface area contributed by atoms with Crippen LogP contribution in [-0.4, -0.2) is 40.7 Å². The maximum atomic E-state index is 11.8. The number of amides is 1. The minimum absolute atomic E-state index is 0.202. The summed E-state index contributed by atoms with van der Waals surface area (Å²) in [6.07, 6.45) is 0.697. The van der Waals surface area contributed by atoms with Gasteiger partial charge in [0.25, 0.3) is 0 Å². The van der Waals surface area contributed by atoms with Gasteiger partial charge in [-0.05, 0) is 20.3 Å². The van der Waals surface area contributed by atoms with E-state index in [4.69, 9.17) is 0 Å². The van der Waals surface area contributed by atoms with Crippen LogP contribution < -0.4 is 5.32 Å². The van der Waals surface area contributed by atoms with Gasteiger partial charge in [0.05, 0.1) is 23.9 Å². The van der Waals surface area contributed by atoms with Crippen molar-refractivity contribution in [1.29, 1.82) is 0 Å². The van der Waals surface area contributed by atoms with Crippen LogP contribution in [0.15, 0.2) is 10.9 Å². The van der Waals surface area contributed by atoms with E-state index in [0.717, 1.165) is 5.69 Å². The summed E-state index contributed by atoms with van der Waals surface area (Å²) < 4.78 is 4.57. The molecular weight excluding hydrogens is 268 g/mol. The highest BCUT2D eigenvalue weighted by atomic mass is 32.1. The van der Waals surface area contributed by atoms with Gasteiger partial charge in [-0.15, -0.1) is 11.3 Å². The van der Waals surface area contributed by atoms with Crippen LogP contribution in [-0.2, 0) is 20.7 Å². The lowest BCUT2D eigenvalue weighted by molar-refractivity contribution is -0.151. The van der Waals surface area contributed by atoms with Crippen LogP contribution in [0.1, 0.15) is 26.0 Å². The summed E-state index contributed by atoms with van der Waals surface area (Å²) in [6.45, 7) is 2.88. The SMILES string of the molecule is COC(=O)[C@@H](NC(=O)CCc1cscn1)C(C)(C)O. The quantitative estimate of drug-likeness (QED) is 0.744. The highest BCUT2D eigenvalue weighted by Crippen LogP contribution is 2.11. The van der Waals surface area contributed by atoms with Crippen LogP contribution >= 0.6 is 11.3 Å². The maximum absolute atomic E-state index is 11.8. The second kappa shape index (κ2) is 6.63. The first-order valence-electron chi connectivity index (χ1n) is 5.81. The van der Waals surface area contributed by atoms with Crippen LogP contribution in [0.2, 0.25) is 0 Å². The zero-order valence-corrected chi connectivity index (χ0v) is 12.0. The van der Waals surface area contributed by atoms with E-state index in [1.165, 1.54) is 32.3 Å². The Bertz CT molecular complexity index is 425. The molecular formula is C12H18N2O4S. The van der Waals surface area contributed by atoms with E-state index in [1.54, 1.807) is 5.51 Å². The Hall–Kier alpha value is -1.47. The number of aryl methyl sites for hydroxylation is 1. The number of hydrogen-bond acceptors (Lipinski definition) is 6. The molecule has 1 atom stereocenters. The number of esters is 1. The smallest absolute Gasteiger partial charge is 0.331 e. The first kappa shape index (κ1) is 15.6. The molecule has 1 rings (SSSR count). The van der Waals surface area contributed by atoms with Crippen molar-refractivity contribution in [3.63, 3.8) is 0 Å². The number of ether oxygens (including phenoxy) is 1. The first-order valence-corrected chi connectivity index (χ1v) is 6.75. The summed E-state index contributed by atoms with van der Waals surface area (Å²) in [7, 11) is 1.21. The molecule has 0 unspecified atom stereocenters. The molecule has 0 bridgehead atoms. The molecule has 0 aromatic carbocycles. The predicted octanol–water partition coefficient (Wildman–Crippen LogP) is 0.504.